The molecular formula is C17H30N2O. The first kappa shape index (κ1) is 14.4. The molecule has 114 valence electrons. The molecule has 0 aromatic heterocycles. The second-order valence-electron chi connectivity index (χ2n) is 7.36. The number of nitrogens with zero attached hydrogens (tertiary/aromatic N) is 1. The van der Waals surface area contributed by atoms with Crippen LogP contribution in [0.2, 0.25) is 0 Å². The van der Waals surface area contributed by atoms with E-state index in [0.29, 0.717) is 23.8 Å². The van der Waals surface area contributed by atoms with Gasteiger partial charge >= 0.3 is 0 Å². The van der Waals surface area contributed by atoms with Gasteiger partial charge in [0.15, 0.2) is 0 Å². The van der Waals surface area contributed by atoms with Crippen LogP contribution in [-0.4, -0.2) is 29.4 Å². The van der Waals surface area contributed by atoms with E-state index in [-0.39, 0.29) is 6.04 Å². The predicted octanol–water partition coefficient (Wildman–Crippen LogP) is 2.93. The fraction of sp³-hybridized carbons (Fsp3) is 0.941. The Hall–Kier alpha value is -0.570. The molecule has 2 saturated carbocycles. The van der Waals surface area contributed by atoms with Crippen LogP contribution in [0.3, 0.4) is 0 Å². The Balaban J connectivity index is 1.58. The van der Waals surface area contributed by atoms with Gasteiger partial charge in [-0.15, -0.1) is 0 Å². The maximum absolute atomic E-state index is 12.8. The summed E-state index contributed by atoms with van der Waals surface area (Å²) in [5.41, 5.74) is 6.10. The molecule has 1 saturated heterocycles. The highest BCUT2D eigenvalue weighted by molar-refractivity contribution is 5.82. The Labute approximate surface area is 123 Å². The van der Waals surface area contributed by atoms with Crippen LogP contribution in [0.1, 0.15) is 64.7 Å². The highest BCUT2D eigenvalue weighted by atomic mass is 16.2. The summed E-state index contributed by atoms with van der Waals surface area (Å²) in [6.45, 7) is 3.00. The summed E-state index contributed by atoms with van der Waals surface area (Å²) in [5, 5.41) is 0. The zero-order chi connectivity index (χ0) is 14.1. The largest absolute Gasteiger partial charge is 0.338 e. The fourth-order valence-corrected chi connectivity index (χ4v) is 4.57. The second-order valence-corrected chi connectivity index (χ2v) is 7.36. The number of nitrogens with two attached hydrogens (primary N) is 1. The normalized spacial score (nSPS) is 36.7. The van der Waals surface area contributed by atoms with Crippen LogP contribution in [0.25, 0.3) is 0 Å². The minimum atomic E-state index is 0.117. The van der Waals surface area contributed by atoms with Crippen molar-refractivity contribution in [2.45, 2.75) is 76.8 Å². The standard InChI is InChI=1S/C17H30N2O/c1-12(18)16-9-5-6-10-19(16)17(20)15-11-14(15)13-7-3-2-4-8-13/h12-16H,2-11,18H2,1H3. The first-order chi connectivity index (χ1) is 9.68. The molecule has 1 heterocycles. The molecule has 0 spiro atoms. The molecule has 3 aliphatic rings. The summed E-state index contributed by atoms with van der Waals surface area (Å²) in [7, 11) is 0. The summed E-state index contributed by atoms with van der Waals surface area (Å²) < 4.78 is 0. The lowest BCUT2D eigenvalue weighted by Crippen LogP contribution is -2.52. The van der Waals surface area contributed by atoms with Crippen LogP contribution in [-0.2, 0) is 4.79 Å². The van der Waals surface area contributed by atoms with E-state index in [2.05, 4.69) is 11.8 Å². The van der Waals surface area contributed by atoms with Crippen molar-refractivity contribution in [2.75, 3.05) is 6.54 Å². The second kappa shape index (κ2) is 6.05. The van der Waals surface area contributed by atoms with Crippen LogP contribution >= 0.6 is 0 Å². The number of carbonyl (C=O) groups excluding carboxylic acids is 1. The van der Waals surface area contributed by atoms with Crippen LogP contribution < -0.4 is 5.73 Å². The van der Waals surface area contributed by atoms with Crippen molar-refractivity contribution in [1.29, 1.82) is 0 Å². The number of likely N-dealkylation sites (tertiary alicyclic amines) is 1. The van der Waals surface area contributed by atoms with Gasteiger partial charge in [-0.05, 0) is 44.4 Å². The van der Waals surface area contributed by atoms with Gasteiger partial charge in [-0.2, -0.15) is 0 Å². The lowest BCUT2D eigenvalue weighted by molar-refractivity contribution is -0.137. The quantitative estimate of drug-likeness (QED) is 0.863. The predicted molar refractivity (Wildman–Crippen MR) is 81.2 cm³/mol. The van der Waals surface area contributed by atoms with E-state index >= 15 is 0 Å². The Kier molecular flexibility index (Phi) is 4.34. The number of amides is 1. The zero-order valence-corrected chi connectivity index (χ0v) is 12.9. The first-order valence-corrected chi connectivity index (χ1v) is 8.74. The molecule has 4 unspecified atom stereocenters. The number of rotatable bonds is 3. The summed E-state index contributed by atoms with van der Waals surface area (Å²) in [5.74, 6) is 2.33. The zero-order valence-electron chi connectivity index (χ0n) is 12.9. The van der Waals surface area contributed by atoms with Gasteiger partial charge in [0, 0.05) is 24.5 Å². The fourth-order valence-electron chi connectivity index (χ4n) is 4.57. The lowest BCUT2D eigenvalue weighted by Gasteiger charge is -2.38. The van der Waals surface area contributed by atoms with E-state index in [0.717, 1.165) is 31.7 Å². The van der Waals surface area contributed by atoms with Gasteiger partial charge in [0.1, 0.15) is 0 Å². The van der Waals surface area contributed by atoms with Gasteiger partial charge in [0.2, 0.25) is 5.91 Å². The van der Waals surface area contributed by atoms with Crippen LogP contribution in [0.5, 0.6) is 0 Å². The van der Waals surface area contributed by atoms with E-state index in [9.17, 15) is 4.79 Å². The van der Waals surface area contributed by atoms with Gasteiger partial charge in [-0.3, -0.25) is 4.79 Å². The molecule has 3 rings (SSSR count). The molecule has 2 aliphatic carbocycles. The molecule has 0 radical (unpaired) electrons. The van der Waals surface area contributed by atoms with Crippen molar-refractivity contribution >= 4 is 5.91 Å². The van der Waals surface area contributed by atoms with E-state index in [1.807, 2.05) is 0 Å². The van der Waals surface area contributed by atoms with Crippen LogP contribution in [0, 0.1) is 17.8 Å². The van der Waals surface area contributed by atoms with Gasteiger partial charge in [-0.1, -0.05) is 32.1 Å². The Morgan fingerprint density at radius 2 is 1.80 bits per heavy atom. The van der Waals surface area contributed by atoms with Crippen LogP contribution in [0.15, 0.2) is 0 Å². The summed E-state index contributed by atoms with van der Waals surface area (Å²) in [6.07, 6.45) is 11.6. The van der Waals surface area contributed by atoms with Gasteiger partial charge in [-0.25, -0.2) is 0 Å². The van der Waals surface area contributed by atoms with E-state index < -0.39 is 0 Å². The van der Waals surface area contributed by atoms with Crippen molar-refractivity contribution in [3.05, 3.63) is 0 Å². The highest BCUT2D eigenvalue weighted by Crippen LogP contribution is 2.50. The third-order valence-corrected chi connectivity index (χ3v) is 5.85. The smallest absolute Gasteiger partial charge is 0.226 e. The molecular weight excluding hydrogens is 248 g/mol. The molecule has 0 bridgehead atoms. The number of hydrogen-bond acceptors (Lipinski definition) is 2. The van der Waals surface area contributed by atoms with Crippen LogP contribution in [0.4, 0.5) is 0 Å². The molecule has 20 heavy (non-hydrogen) atoms. The van der Waals surface area contributed by atoms with E-state index in [1.165, 1.54) is 38.5 Å². The molecule has 3 fully saturated rings. The molecule has 3 nitrogen and oxygen atoms in total. The Bertz CT molecular complexity index is 349. The Morgan fingerprint density at radius 1 is 1.10 bits per heavy atom. The van der Waals surface area contributed by atoms with Crippen molar-refractivity contribution in [3.8, 4) is 0 Å². The van der Waals surface area contributed by atoms with Gasteiger partial charge in [0.25, 0.3) is 0 Å². The molecule has 4 atom stereocenters. The molecule has 0 aromatic carbocycles. The average molecular weight is 278 g/mol. The summed E-state index contributed by atoms with van der Waals surface area (Å²) in [6, 6.07) is 0.412. The molecule has 0 aromatic rings. The van der Waals surface area contributed by atoms with E-state index in [4.69, 9.17) is 5.73 Å². The molecule has 1 amide bonds. The van der Waals surface area contributed by atoms with Crippen molar-refractivity contribution in [3.63, 3.8) is 0 Å². The minimum Gasteiger partial charge on any atom is -0.338 e. The monoisotopic (exact) mass is 278 g/mol. The summed E-state index contributed by atoms with van der Waals surface area (Å²) >= 11 is 0. The van der Waals surface area contributed by atoms with Crippen molar-refractivity contribution in [2.24, 2.45) is 23.5 Å². The highest BCUT2D eigenvalue weighted by Gasteiger charge is 2.49. The molecule has 1 aliphatic heterocycles. The topological polar surface area (TPSA) is 46.3 Å². The van der Waals surface area contributed by atoms with E-state index in [1.54, 1.807) is 0 Å². The number of carbonyl (C=O) groups is 1. The SMILES string of the molecule is CC(N)C1CCCCN1C(=O)C1CC1C1CCCCC1. The molecule has 2 N–H and O–H groups in total. The lowest BCUT2D eigenvalue weighted by atomic mass is 9.85. The van der Waals surface area contributed by atoms with Crippen molar-refractivity contribution < 1.29 is 4.79 Å². The minimum absolute atomic E-state index is 0.117. The average Bonchev–Trinajstić information content (AvgIpc) is 3.28. The maximum atomic E-state index is 12.8. The molecule has 3 heteroatoms. The maximum Gasteiger partial charge on any atom is 0.226 e. The third kappa shape index (κ3) is 2.88. The summed E-state index contributed by atoms with van der Waals surface area (Å²) in [4.78, 5) is 14.9. The first-order valence-electron chi connectivity index (χ1n) is 8.74. The number of hydrogen-bond donors (Lipinski definition) is 1. The van der Waals surface area contributed by atoms with Gasteiger partial charge < -0.3 is 10.6 Å². The van der Waals surface area contributed by atoms with Gasteiger partial charge in [0.05, 0.1) is 0 Å². The van der Waals surface area contributed by atoms with Crippen molar-refractivity contribution in [1.82, 2.24) is 4.90 Å². The number of piperidine rings is 1. The third-order valence-electron chi connectivity index (χ3n) is 5.85. The Morgan fingerprint density at radius 3 is 2.50 bits per heavy atom.